The third-order valence-corrected chi connectivity index (χ3v) is 11.5. The zero-order valence-electron chi connectivity index (χ0n) is 37.1. The van der Waals surface area contributed by atoms with Gasteiger partial charge < -0.3 is 41.5 Å². The molecule has 6 rings (SSSR count). The number of amides is 5. The summed E-state index contributed by atoms with van der Waals surface area (Å²) in [7, 11) is 0. The molecule has 0 spiro atoms. The molecule has 3 atom stereocenters. The number of aliphatic carboxylic acids is 1. The van der Waals surface area contributed by atoms with Crippen molar-refractivity contribution in [3.63, 3.8) is 0 Å². The first kappa shape index (κ1) is 49.5. The van der Waals surface area contributed by atoms with Gasteiger partial charge in [0.2, 0.25) is 23.5 Å². The molecular weight excluding hydrogens is 885 g/mol. The number of H-pyrrole nitrogens is 1. The first-order valence-electron chi connectivity index (χ1n) is 21.6. The molecule has 3 aromatic carbocycles. The fourth-order valence-corrected chi connectivity index (χ4v) is 7.84. The normalized spacial score (nSPS) is 19.1. The molecule has 2 aliphatic rings. The predicted octanol–water partition coefficient (Wildman–Crippen LogP) is 5.24. The van der Waals surface area contributed by atoms with E-state index in [1.807, 2.05) is 19.1 Å². The summed E-state index contributed by atoms with van der Waals surface area (Å²) in [4.78, 5) is 79.3. The van der Waals surface area contributed by atoms with Crippen LogP contribution in [0.5, 0.6) is 0 Å². The Balaban J connectivity index is 1.14. The molecule has 0 bridgehead atoms. The lowest BCUT2D eigenvalue weighted by Gasteiger charge is -2.29. The number of aliphatic hydroxyl groups is 1. The van der Waals surface area contributed by atoms with Crippen molar-refractivity contribution < 1.29 is 61.3 Å². The number of carbonyl (C=O) groups excluding carboxylic acids is 5. The lowest BCUT2D eigenvalue weighted by molar-refractivity contribution is -0.231. The quantitative estimate of drug-likeness (QED) is 0.0675. The van der Waals surface area contributed by atoms with Gasteiger partial charge in [-0.1, -0.05) is 30.3 Å². The maximum atomic E-state index is 14.3. The van der Waals surface area contributed by atoms with E-state index in [-0.39, 0.29) is 48.4 Å². The highest BCUT2D eigenvalue weighted by atomic mass is 19.3. The monoisotopic (exact) mass is 936 g/mol. The molecule has 2 heterocycles. The van der Waals surface area contributed by atoms with Crippen LogP contribution in [-0.2, 0) is 36.3 Å². The van der Waals surface area contributed by atoms with E-state index in [1.54, 1.807) is 56.2 Å². The highest BCUT2D eigenvalue weighted by molar-refractivity contribution is 5.99. The summed E-state index contributed by atoms with van der Waals surface area (Å²) in [6, 6.07) is 15.5. The predicted molar refractivity (Wildman–Crippen MR) is 234 cm³/mol. The number of carboxylic acid groups (broad SMARTS) is 1. The summed E-state index contributed by atoms with van der Waals surface area (Å²) in [5.41, 5.74) is 3.07. The Morgan fingerprint density at radius 1 is 0.910 bits per heavy atom. The molecule has 67 heavy (non-hydrogen) atoms. The molecule has 0 radical (unpaired) electrons. The number of anilines is 1. The second-order valence-electron chi connectivity index (χ2n) is 17.8. The Morgan fingerprint density at radius 3 is 2.16 bits per heavy atom. The summed E-state index contributed by atoms with van der Waals surface area (Å²) in [6.45, 7) is 7.30. The maximum absolute atomic E-state index is 14.3. The van der Waals surface area contributed by atoms with Crippen LogP contribution in [0.15, 0.2) is 66.7 Å². The van der Waals surface area contributed by atoms with E-state index in [0.29, 0.717) is 43.4 Å². The number of aromatic amines is 1. The summed E-state index contributed by atoms with van der Waals surface area (Å²) in [5.74, 6) is -17.8. The smallest absolute Gasteiger partial charge is 0.411 e. The van der Waals surface area contributed by atoms with Crippen molar-refractivity contribution in [1.82, 2.24) is 36.4 Å². The third-order valence-electron chi connectivity index (χ3n) is 11.5. The molecule has 1 aliphatic carbocycles. The number of carboxylic acids is 1. The minimum Gasteiger partial charge on any atom is -0.477 e. The standard InChI is InChI=1S/C46H52F4N8O9/c1-24-19-30(38(61)55-35-21-32(23-59)53-40(35)63)15-18-33(24)27-9-5-25(6-10-27)20-34(54-37(60)29-11-7-26(8-12-29)22-51-43(66)67-44(2,3)4)39(62)52-31-16-13-28(14-17-31)36-56-41(58-57-36)45(47,48)46(49,50)42(64)65/h5-6,9-10,13-19,26,29,32,34-35,59H,7-8,11-12,20-23H2,1-4H3,(H,51,66)(H,52,62)(H,53,63)(H,54,60)(H,55,61)(H,64,65)(H,56,57,58)/t26?,29?,32-,34-,35+/m0/s1. The SMILES string of the molecule is Cc1cc(C(=O)N[C@@H]2C[C@@H](CO)NC2=O)ccc1-c1ccc(C[C@H](NC(=O)C2CCC(CNC(=O)OC(C)(C)C)CC2)C(=O)Nc2ccc(-c3n[nH]c(C(F)(F)C(F)(F)C(=O)O)n3)cc2)cc1. The largest absolute Gasteiger partial charge is 0.477 e. The molecular formula is C46H52F4N8O9. The summed E-state index contributed by atoms with van der Waals surface area (Å²) in [5, 5.41) is 37.0. The number of aromatic nitrogens is 3. The molecule has 0 unspecified atom stereocenters. The number of alkyl halides is 4. The molecule has 1 saturated carbocycles. The van der Waals surface area contributed by atoms with Crippen molar-refractivity contribution in [2.24, 2.45) is 11.8 Å². The van der Waals surface area contributed by atoms with E-state index >= 15 is 0 Å². The van der Waals surface area contributed by atoms with Crippen molar-refractivity contribution in [1.29, 1.82) is 0 Å². The number of hydrogen-bond donors (Lipinski definition) is 8. The number of benzene rings is 3. The Morgan fingerprint density at radius 2 is 1.57 bits per heavy atom. The molecule has 21 heteroatoms. The molecule has 17 nitrogen and oxygen atoms in total. The molecule has 8 N–H and O–H groups in total. The number of halogens is 4. The minimum atomic E-state index is -5.47. The molecule has 2 fully saturated rings. The van der Waals surface area contributed by atoms with E-state index in [2.05, 4.69) is 36.7 Å². The Hall–Kier alpha value is -6.90. The Kier molecular flexibility index (Phi) is 15.0. The van der Waals surface area contributed by atoms with Crippen LogP contribution >= 0.6 is 0 Å². The molecule has 5 amide bonds. The van der Waals surface area contributed by atoms with Crippen molar-refractivity contribution in [2.75, 3.05) is 18.5 Å². The molecule has 1 aromatic heterocycles. The van der Waals surface area contributed by atoms with Crippen LogP contribution in [0, 0.1) is 18.8 Å². The van der Waals surface area contributed by atoms with Gasteiger partial charge >= 0.3 is 23.9 Å². The first-order chi connectivity index (χ1) is 31.5. The number of aryl methyl sites for hydroxylation is 1. The Bertz CT molecular complexity index is 2470. The molecule has 358 valence electrons. The summed E-state index contributed by atoms with van der Waals surface area (Å²) < 4.78 is 61.5. The average Bonchev–Trinajstić information content (AvgIpc) is 3.92. The molecule has 4 aromatic rings. The second-order valence-corrected chi connectivity index (χ2v) is 17.8. The van der Waals surface area contributed by atoms with Gasteiger partial charge in [-0.3, -0.25) is 24.3 Å². The zero-order valence-corrected chi connectivity index (χ0v) is 37.1. The lowest BCUT2D eigenvalue weighted by Crippen LogP contribution is -2.48. The summed E-state index contributed by atoms with van der Waals surface area (Å²) in [6.07, 6.45) is 2.14. The zero-order chi connectivity index (χ0) is 48.8. The highest BCUT2D eigenvalue weighted by Crippen LogP contribution is 2.42. The molecule has 1 saturated heterocycles. The van der Waals surface area contributed by atoms with Crippen LogP contribution in [0.4, 0.5) is 28.0 Å². The van der Waals surface area contributed by atoms with Gasteiger partial charge in [-0.15, -0.1) is 0 Å². The number of aliphatic hydroxyl groups excluding tert-OH is 1. The fraction of sp³-hybridized carbons (Fsp3) is 0.435. The summed E-state index contributed by atoms with van der Waals surface area (Å²) >= 11 is 0. The first-order valence-corrected chi connectivity index (χ1v) is 21.6. The lowest BCUT2D eigenvalue weighted by atomic mass is 9.81. The number of rotatable bonds is 16. The van der Waals surface area contributed by atoms with Gasteiger partial charge in [0, 0.05) is 35.7 Å². The van der Waals surface area contributed by atoms with E-state index in [1.165, 1.54) is 24.3 Å². The van der Waals surface area contributed by atoms with Gasteiger partial charge in [-0.25, -0.2) is 14.6 Å². The van der Waals surface area contributed by atoms with E-state index in [9.17, 15) is 51.4 Å². The number of nitrogens with one attached hydrogen (secondary N) is 6. The van der Waals surface area contributed by atoms with Crippen LogP contribution in [0.25, 0.3) is 22.5 Å². The Labute approximate surface area is 382 Å². The third kappa shape index (κ3) is 12.1. The van der Waals surface area contributed by atoms with Gasteiger partial charge in [0.15, 0.2) is 5.82 Å². The molecule has 1 aliphatic heterocycles. The van der Waals surface area contributed by atoms with Crippen molar-refractivity contribution in [3.05, 3.63) is 89.2 Å². The van der Waals surface area contributed by atoms with Crippen molar-refractivity contribution >= 4 is 41.4 Å². The maximum Gasteiger partial charge on any atom is 0.411 e. The number of nitrogens with zero attached hydrogens (tertiary/aromatic N) is 2. The van der Waals surface area contributed by atoms with E-state index < -0.39 is 77.0 Å². The van der Waals surface area contributed by atoms with Crippen LogP contribution in [-0.4, -0.2) is 104 Å². The van der Waals surface area contributed by atoms with E-state index in [4.69, 9.17) is 9.84 Å². The van der Waals surface area contributed by atoms with Crippen molar-refractivity contribution in [2.45, 2.75) is 102 Å². The fourth-order valence-electron chi connectivity index (χ4n) is 7.84. The van der Waals surface area contributed by atoms with Gasteiger partial charge in [0.05, 0.1) is 12.6 Å². The number of carbonyl (C=O) groups is 6. The average molecular weight is 937 g/mol. The number of hydrogen-bond acceptors (Lipinski definition) is 10. The van der Waals surface area contributed by atoms with Crippen LogP contribution in [0.1, 0.15) is 80.2 Å². The minimum absolute atomic E-state index is 0.0597. The van der Waals surface area contributed by atoms with Gasteiger partial charge in [0.25, 0.3) is 5.91 Å². The number of ether oxygens (including phenoxy) is 1. The van der Waals surface area contributed by atoms with Crippen LogP contribution in [0.3, 0.4) is 0 Å². The van der Waals surface area contributed by atoms with Gasteiger partial charge in [-0.05, 0) is 124 Å². The topological polar surface area (TPSA) is 254 Å². The van der Waals surface area contributed by atoms with Gasteiger partial charge in [-0.2, -0.15) is 22.7 Å². The number of alkyl carbamates (subject to hydrolysis) is 1. The van der Waals surface area contributed by atoms with E-state index in [0.717, 1.165) is 16.7 Å². The highest BCUT2D eigenvalue weighted by Gasteiger charge is 2.65. The van der Waals surface area contributed by atoms with Gasteiger partial charge in [0.1, 0.15) is 17.7 Å². The van der Waals surface area contributed by atoms with Crippen LogP contribution < -0.4 is 26.6 Å². The second kappa shape index (κ2) is 20.3. The van der Waals surface area contributed by atoms with Crippen molar-refractivity contribution in [3.8, 4) is 22.5 Å². The van der Waals surface area contributed by atoms with Crippen LogP contribution in [0.2, 0.25) is 0 Å².